The van der Waals surface area contributed by atoms with Crippen LogP contribution in [0.25, 0.3) is 0 Å². The zero-order valence-electron chi connectivity index (χ0n) is 11.8. The molecule has 2 amide bonds. The monoisotopic (exact) mass is 331 g/mol. The van der Waals surface area contributed by atoms with Gasteiger partial charge in [0.2, 0.25) is 0 Å². The van der Waals surface area contributed by atoms with Gasteiger partial charge in [0.15, 0.2) is 0 Å². The normalized spacial score (nSPS) is 14.7. The summed E-state index contributed by atoms with van der Waals surface area (Å²) < 4.78 is 1.10. The summed E-state index contributed by atoms with van der Waals surface area (Å²) in [6, 6.07) is 3.78. The number of carbonyl (C=O) groups is 2. The van der Waals surface area contributed by atoms with Crippen LogP contribution < -0.4 is 9.67 Å². The van der Waals surface area contributed by atoms with Crippen LogP contribution in [0.5, 0.6) is 0 Å². The number of benzene rings is 1. The second kappa shape index (κ2) is 6.29. The molecule has 0 aliphatic carbocycles. The third-order valence-electron chi connectivity index (χ3n) is 3.47. The fraction of sp³-hybridized carbons (Fsp3) is 0.375. The molecule has 1 aromatic carbocycles. The average Bonchev–Trinajstić information content (AvgIpc) is 2.71. The first-order chi connectivity index (χ1) is 9.60. The van der Waals surface area contributed by atoms with Crippen LogP contribution in [-0.2, 0) is 6.42 Å². The minimum atomic E-state index is -1.48. The summed E-state index contributed by atoms with van der Waals surface area (Å²) in [7, 11) is 0. The fourth-order valence-electron chi connectivity index (χ4n) is 2.51. The van der Waals surface area contributed by atoms with Gasteiger partial charge in [-0.15, -0.1) is 0 Å². The van der Waals surface area contributed by atoms with E-state index in [2.05, 4.69) is 23.9 Å². The minimum absolute atomic E-state index is 0.253. The van der Waals surface area contributed by atoms with Crippen molar-refractivity contribution < 1.29 is 9.59 Å². The molecule has 1 aromatic rings. The molecule has 2 rings (SSSR count). The summed E-state index contributed by atoms with van der Waals surface area (Å²) in [5, 5.41) is 3.11. The maximum atomic E-state index is 12.1. The summed E-state index contributed by atoms with van der Waals surface area (Å²) >= 11 is -1.48. The van der Waals surface area contributed by atoms with Crippen LogP contribution in [0.15, 0.2) is 12.1 Å². The number of fused-ring (bicyclic) bond motifs is 1. The second-order valence-electron chi connectivity index (χ2n) is 4.94. The van der Waals surface area contributed by atoms with Crippen molar-refractivity contribution in [3.8, 4) is 12.3 Å². The molecule has 0 radical (unpaired) electrons. The molecule has 4 heteroatoms. The summed E-state index contributed by atoms with van der Waals surface area (Å²) in [5.41, 5.74) is 4.48. The van der Waals surface area contributed by atoms with Crippen molar-refractivity contribution in [1.82, 2.24) is 5.32 Å². The van der Waals surface area contributed by atoms with Crippen molar-refractivity contribution in [3.63, 3.8) is 0 Å². The SMILES string of the molecule is C#CC[As](C)c1c(CCCC)ccc2c1C(=O)NC2=O. The van der Waals surface area contributed by atoms with Crippen molar-refractivity contribution in [2.24, 2.45) is 0 Å². The Labute approximate surface area is 124 Å². The van der Waals surface area contributed by atoms with Gasteiger partial charge < -0.3 is 0 Å². The van der Waals surface area contributed by atoms with Gasteiger partial charge in [0, 0.05) is 0 Å². The van der Waals surface area contributed by atoms with Gasteiger partial charge in [-0.05, 0) is 0 Å². The molecule has 0 fully saturated rings. The molecule has 0 saturated carbocycles. The third-order valence-corrected chi connectivity index (χ3v) is 7.52. The molecular weight excluding hydrogens is 313 g/mol. The molecule has 3 nitrogen and oxygen atoms in total. The molecule has 1 unspecified atom stereocenters. The van der Waals surface area contributed by atoms with Crippen LogP contribution in [0.2, 0.25) is 10.9 Å². The van der Waals surface area contributed by atoms with E-state index in [1.54, 1.807) is 6.07 Å². The fourth-order valence-corrected chi connectivity index (χ4v) is 6.10. The number of terminal acetylenes is 1. The van der Waals surface area contributed by atoms with Crippen molar-refractivity contribution in [2.45, 2.75) is 37.1 Å². The molecule has 1 N–H and O–H groups in total. The molecule has 0 aromatic heterocycles. The molecule has 20 heavy (non-hydrogen) atoms. The van der Waals surface area contributed by atoms with Crippen LogP contribution in [0.4, 0.5) is 0 Å². The van der Waals surface area contributed by atoms with Crippen molar-refractivity contribution in [1.29, 1.82) is 0 Å². The van der Waals surface area contributed by atoms with Gasteiger partial charge in [-0.2, -0.15) is 0 Å². The number of carbonyl (C=O) groups excluding carboxylic acids is 2. The number of nitrogens with one attached hydrogen (secondary N) is 1. The van der Waals surface area contributed by atoms with Crippen LogP contribution in [0, 0.1) is 12.3 Å². The van der Waals surface area contributed by atoms with Crippen LogP contribution in [0.1, 0.15) is 46.0 Å². The molecule has 1 aliphatic rings. The van der Waals surface area contributed by atoms with Crippen LogP contribution in [-0.4, -0.2) is 26.5 Å². The molecule has 0 bridgehead atoms. The van der Waals surface area contributed by atoms with E-state index < -0.39 is 14.7 Å². The standard InChI is InChI=1S/C16H18AsNO2/c1-4-6-7-11-8-9-12-13(16(20)18-15(12)19)14(11)17(3)10-5-2/h2,8-9H,4,6-7,10H2,1,3H3,(H,18,19,20). The Hall–Kier alpha value is -1.52. The first-order valence-corrected chi connectivity index (χ1v) is 10.9. The van der Waals surface area contributed by atoms with Gasteiger partial charge in [0.05, 0.1) is 0 Å². The van der Waals surface area contributed by atoms with Crippen molar-refractivity contribution >= 4 is 30.8 Å². The Kier molecular flexibility index (Phi) is 4.68. The molecule has 0 saturated heterocycles. The van der Waals surface area contributed by atoms with E-state index in [1.807, 2.05) is 6.07 Å². The Morgan fingerprint density at radius 3 is 2.70 bits per heavy atom. The summed E-state index contributed by atoms with van der Waals surface area (Å²) in [5.74, 6) is 2.18. The Bertz CT molecular complexity index is 601. The van der Waals surface area contributed by atoms with Crippen LogP contribution in [0.3, 0.4) is 0 Å². The first kappa shape index (κ1) is 14.9. The predicted octanol–water partition coefficient (Wildman–Crippen LogP) is 1.88. The van der Waals surface area contributed by atoms with Gasteiger partial charge in [-0.1, -0.05) is 0 Å². The second-order valence-corrected chi connectivity index (χ2v) is 9.47. The number of hydrogen-bond donors (Lipinski definition) is 1. The molecular formula is C16H18AsNO2. The third kappa shape index (κ3) is 2.67. The molecule has 1 heterocycles. The van der Waals surface area contributed by atoms with Crippen molar-refractivity contribution in [3.05, 3.63) is 28.8 Å². The van der Waals surface area contributed by atoms with E-state index in [-0.39, 0.29) is 11.8 Å². The zero-order valence-corrected chi connectivity index (χ0v) is 13.7. The average molecular weight is 331 g/mol. The molecule has 1 atom stereocenters. The predicted molar refractivity (Wildman–Crippen MR) is 81.7 cm³/mol. The van der Waals surface area contributed by atoms with Crippen LogP contribution >= 0.6 is 0 Å². The zero-order chi connectivity index (χ0) is 14.7. The number of aryl methyl sites for hydroxylation is 1. The Balaban J connectivity index is 2.55. The van der Waals surface area contributed by atoms with Gasteiger partial charge in [0.25, 0.3) is 0 Å². The summed E-state index contributed by atoms with van der Waals surface area (Å²) in [4.78, 5) is 23.8. The summed E-state index contributed by atoms with van der Waals surface area (Å²) in [6.07, 6.45) is 8.58. The molecule has 0 spiro atoms. The number of unbranched alkanes of at least 4 members (excludes halogenated alkanes) is 1. The number of hydrogen-bond acceptors (Lipinski definition) is 2. The Morgan fingerprint density at radius 2 is 2.05 bits per heavy atom. The van der Waals surface area contributed by atoms with E-state index in [0.29, 0.717) is 16.3 Å². The van der Waals surface area contributed by atoms with Gasteiger partial charge >= 0.3 is 124 Å². The van der Waals surface area contributed by atoms with E-state index in [0.717, 1.165) is 23.6 Å². The topological polar surface area (TPSA) is 46.2 Å². The van der Waals surface area contributed by atoms with Gasteiger partial charge in [-0.3, -0.25) is 0 Å². The number of rotatable bonds is 5. The quantitative estimate of drug-likeness (QED) is 0.509. The van der Waals surface area contributed by atoms with E-state index in [9.17, 15) is 9.59 Å². The van der Waals surface area contributed by atoms with Gasteiger partial charge in [0.1, 0.15) is 0 Å². The molecule has 1 aliphatic heterocycles. The van der Waals surface area contributed by atoms with Gasteiger partial charge in [-0.25, -0.2) is 0 Å². The molecule has 104 valence electrons. The number of imide groups is 1. The van der Waals surface area contributed by atoms with E-state index in [1.165, 1.54) is 5.56 Å². The number of amides is 2. The first-order valence-electron chi connectivity index (χ1n) is 6.76. The van der Waals surface area contributed by atoms with E-state index in [4.69, 9.17) is 6.42 Å². The van der Waals surface area contributed by atoms with Crippen molar-refractivity contribution in [2.75, 3.05) is 0 Å². The van der Waals surface area contributed by atoms with E-state index >= 15 is 0 Å². The maximum absolute atomic E-state index is 12.1. The summed E-state index contributed by atoms with van der Waals surface area (Å²) in [6.45, 7) is 2.14. The Morgan fingerprint density at radius 1 is 1.30 bits per heavy atom.